The van der Waals surface area contributed by atoms with Crippen molar-refractivity contribution in [1.82, 2.24) is 14.5 Å². The van der Waals surface area contributed by atoms with E-state index in [9.17, 15) is 24.8 Å². The van der Waals surface area contributed by atoms with Gasteiger partial charge in [-0.25, -0.2) is 9.78 Å². The highest BCUT2D eigenvalue weighted by Gasteiger charge is 2.36. The molecule has 1 aromatic heterocycles. The van der Waals surface area contributed by atoms with Gasteiger partial charge in [-0.3, -0.25) is 19.5 Å². The van der Waals surface area contributed by atoms with Crippen LogP contribution in [0.2, 0.25) is 0 Å². The van der Waals surface area contributed by atoms with Crippen molar-refractivity contribution in [3.63, 3.8) is 0 Å². The van der Waals surface area contributed by atoms with Gasteiger partial charge in [0.05, 0.1) is 34.3 Å². The summed E-state index contributed by atoms with van der Waals surface area (Å²) in [6, 6.07) is 3.87. The second-order valence-electron chi connectivity index (χ2n) is 8.33. The predicted molar refractivity (Wildman–Crippen MR) is 105 cm³/mol. The number of rotatable bonds is 3. The normalized spacial score (nSPS) is 16.6. The Morgan fingerprint density at radius 3 is 2.59 bits per heavy atom. The Morgan fingerprint density at radius 1 is 1.34 bits per heavy atom. The fourth-order valence-electron chi connectivity index (χ4n) is 3.28. The monoisotopic (exact) mass is 404 g/mol. The maximum atomic E-state index is 12.7. The molecule has 1 aliphatic heterocycles. The quantitative estimate of drug-likeness (QED) is 0.612. The van der Waals surface area contributed by atoms with Gasteiger partial charge in [-0.2, -0.15) is 0 Å². The highest BCUT2D eigenvalue weighted by molar-refractivity contribution is 5.79. The van der Waals surface area contributed by atoms with Crippen molar-refractivity contribution in [3.05, 3.63) is 45.0 Å². The largest absolute Gasteiger partial charge is 0.444 e. The van der Waals surface area contributed by atoms with E-state index in [1.165, 1.54) is 29.1 Å². The molecule has 0 bridgehead atoms. The lowest BCUT2D eigenvalue weighted by Crippen LogP contribution is -2.50. The highest BCUT2D eigenvalue weighted by Crippen LogP contribution is 2.25. The number of hydrogen-bond acceptors (Lipinski definition) is 7. The Morgan fingerprint density at radius 2 is 2.00 bits per heavy atom. The average Bonchev–Trinajstić information content (AvgIpc) is 2.63. The number of nitro groups is 1. The lowest BCUT2D eigenvalue weighted by molar-refractivity contribution is -0.384. The van der Waals surface area contributed by atoms with E-state index in [4.69, 9.17) is 4.74 Å². The van der Waals surface area contributed by atoms with E-state index < -0.39 is 22.2 Å². The first kappa shape index (κ1) is 20.7. The molecule has 2 aromatic rings. The molecule has 1 fully saturated rings. The molecule has 0 saturated carbocycles. The second-order valence-corrected chi connectivity index (χ2v) is 8.33. The number of piperidine rings is 1. The molecule has 1 amide bonds. The van der Waals surface area contributed by atoms with Crippen molar-refractivity contribution in [2.45, 2.75) is 51.4 Å². The third kappa shape index (κ3) is 4.70. The summed E-state index contributed by atoms with van der Waals surface area (Å²) in [6.45, 7) is 6.02. The number of benzene rings is 1. The number of amides is 1. The van der Waals surface area contributed by atoms with E-state index in [2.05, 4.69) is 4.98 Å². The van der Waals surface area contributed by atoms with Gasteiger partial charge >= 0.3 is 6.09 Å². The first-order valence-electron chi connectivity index (χ1n) is 9.31. The van der Waals surface area contributed by atoms with Gasteiger partial charge in [0.25, 0.3) is 11.2 Å². The molecular formula is C19H24N4O6. The third-order valence-corrected chi connectivity index (χ3v) is 4.83. The summed E-state index contributed by atoms with van der Waals surface area (Å²) < 4.78 is 6.65. The number of nitrogens with zero attached hydrogens (tertiary/aromatic N) is 4. The van der Waals surface area contributed by atoms with Gasteiger partial charge in [0, 0.05) is 25.2 Å². The summed E-state index contributed by atoms with van der Waals surface area (Å²) in [6.07, 6.45) is 1.44. The third-order valence-electron chi connectivity index (χ3n) is 4.83. The number of likely N-dealkylation sites (tertiary alicyclic amines) is 1. The van der Waals surface area contributed by atoms with E-state index in [-0.39, 0.29) is 41.5 Å². The van der Waals surface area contributed by atoms with E-state index in [0.29, 0.717) is 13.1 Å². The van der Waals surface area contributed by atoms with Crippen molar-refractivity contribution < 1.29 is 19.6 Å². The molecule has 1 saturated heterocycles. The van der Waals surface area contributed by atoms with Gasteiger partial charge < -0.3 is 14.7 Å². The van der Waals surface area contributed by atoms with Crippen LogP contribution in [0.15, 0.2) is 29.3 Å². The Labute approximate surface area is 166 Å². The number of hydrogen-bond donors (Lipinski definition) is 1. The van der Waals surface area contributed by atoms with Crippen LogP contribution in [0.25, 0.3) is 10.9 Å². The van der Waals surface area contributed by atoms with Gasteiger partial charge in [-0.1, -0.05) is 0 Å². The minimum atomic E-state index is -1.17. The van der Waals surface area contributed by atoms with Crippen molar-refractivity contribution >= 4 is 22.7 Å². The van der Waals surface area contributed by atoms with Gasteiger partial charge in [-0.15, -0.1) is 0 Å². The molecule has 0 radical (unpaired) electrons. The highest BCUT2D eigenvalue weighted by atomic mass is 16.6. The average molecular weight is 404 g/mol. The molecule has 10 heteroatoms. The summed E-state index contributed by atoms with van der Waals surface area (Å²) in [5.41, 5.74) is -2.06. The minimum Gasteiger partial charge on any atom is -0.444 e. The van der Waals surface area contributed by atoms with Crippen molar-refractivity contribution in [1.29, 1.82) is 0 Å². The molecule has 3 rings (SSSR count). The van der Waals surface area contributed by atoms with E-state index in [0.717, 1.165) is 0 Å². The number of carbonyl (C=O) groups is 1. The van der Waals surface area contributed by atoms with E-state index in [1.807, 2.05) is 0 Å². The van der Waals surface area contributed by atoms with Crippen LogP contribution in [-0.4, -0.2) is 54.9 Å². The summed E-state index contributed by atoms with van der Waals surface area (Å²) >= 11 is 0. The zero-order valence-corrected chi connectivity index (χ0v) is 16.6. The fraction of sp³-hybridized carbons (Fsp3) is 0.526. The lowest BCUT2D eigenvalue weighted by atomic mass is 9.91. The number of ether oxygens (including phenoxy) is 1. The smallest absolute Gasteiger partial charge is 0.410 e. The summed E-state index contributed by atoms with van der Waals surface area (Å²) in [5, 5.41) is 22.0. The molecule has 1 aromatic carbocycles. The summed E-state index contributed by atoms with van der Waals surface area (Å²) in [4.78, 5) is 40.9. The Kier molecular flexibility index (Phi) is 5.31. The molecule has 0 spiro atoms. The van der Waals surface area contributed by atoms with Crippen LogP contribution < -0.4 is 5.56 Å². The Balaban J connectivity index is 1.73. The molecule has 2 heterocycles. The molecule has 10 nitrogen and oxygen atoms in total. The van der Waals surface area contributed by atoms with Crippen LogP contribution in [0.4, 0.5) is 10.5 Å². The molecule has 29 heavy (non-hydrogen) atoms. The van der Waals surface area contributed by atoms with Crippen LogP contribution in [0.1, 0.15) is 33.6 Å². The Hall–Kier alpha value is -3.01. The molecule has 0 unspecified atom stereocenters. The topological polar surface area (TPSA) is 128 Å². The summed E-state index contributed by atoms with van der Waals surface area (Å²) in [5.74, 6) is 0. The van der Waals surface area contributed by atoms with E-state index in [1.54, 1.807) is 25.7 Å². The lowest BCUT2D eigenvalue weighted by Gasteiger charge is -2.38. The maximum Gasteiger partial charge on any atom is 0.410 e. The zero-order chi connectivity index (χ0) is 21.4. The molecule has 1 N–H and O–H groups in total. The second kappa shape index (κ2) is 7.43. The van der Waals surface area contributed by atoms with Gasteiger partial charge in [-0.05, 0) is 39.7 Å². The fourth-order valence-corrected chi connectivity index (χ4v) is 3.28. The number of aromatic nitrogens is 2. The standard InChI is InChI=1S/C19H24N4O6/c1-18(2,3)29-17(25)21-8-6-19(26,7-9-21)11-22-12-20-15-10-13(23(27)28)4-5-14(15)16(22)24/h4-5,10,12,26H,6-9,11H2,1-3H3. The predicted octanol–water partition coefficient (Wildman–Crippen LogP) is 2.07. The van der Waals surface area contributed by atoms with Crippen LogP contribution in [0.3, 0.4) is 0 Å². The molecule has 0 aliphatic carbocycles. The van der Waals surface area contributed by atoms with Crippen LogP contribution in [0.5, 0.6) is 0 Å². The molecule has 1 aliphatic rings. The minimum absolute atomic E-state index is 0.0217. The van der Waals surface area contributed by atoms with Crippen LogP contribution >= 0.6 is 0 Å². The Bertz CT molecular complexity index is 1000. The van der Waals surface area contributed by atoms with Crippen molar-refractivity contribution in [3.8, 4) is 0 Å². The number of non-ortho nitro benzene ring substituents is 1. The number of aliphatic hydroxyl groups is 1. The zero-order valence-electron chi connectivity index (χ0n) is 16.6. The van der Waals surface area contributed by atoms with Gasteiger partial charge in [0.1, 0.15) is 5.60 Å². The number of nitro benzene ring substituents is 1. The summed E-state index contributed by atoms with van der Waals surface area (Å²) in [7, 11) is 0. The van der Waals surface area contributed by atoms with Crippen LogP contribution in [0, 0.1) is 10.1 Å². The van der Waals surface area contributed by atoms with Crippen molar-refractivity contribution in [2.75, 3.05) is 13.1 Å². The molecule has 156 valence electrons. The van der Waals surface area contributed by atoms with Gasteiger partial charge in [0.15, 0.2) is 0 Å². The number of fused-ring (bicyclic) bond motifs is 1. The maximum absolute atomic E-state index is 12.7. The van der Waals surface area contributed by atoms with Crippen LogP contribution in [-0.2, 0) is 11.3 Å². The van der Waals surface area contributed by atoms with Crippen molar-refractivity contribution in [2.24, 2.45) is 0 Å². The SMILES string of the molecule is CC(C)(C)OC(=O)N1CCC(O)(Cn2cnc3cc([N+](=O)[O-])ccc3c2=O)CC1. The first-order chi connectivity index (χ1) is 13.5. The van der Waals surface area contributed by atoms with Gasteiger partial charge in [0.2, 0.25) is 0 Å². The molecule has 0 atom stereocenters. The molecular weight excluding hydrogens is 380 g/mol. The van der Waals surface area contributed by atoms with E-state index >= 15 is 0 Å². The number of carbonyl (C=O) groups excluding carboxylic acids is 1. The first-order valence-corrected chi connectivity index (χ1v) is 9.31.